The van der Waals surface area contributed by atoms with E-state index >= 15 is 0 Å². The van der Waals surface area contributed by atoms with E-state index in [1.54, 1.807) is 23.9 Å². The summed E-state index contributed by atoms with van der Waals surface area (Å²) in [4.78, 5) is 12.5. The lowest BCUT2D eigenvalue weighted by molar-refractivity contribution is 0.0943. The first-order valence-corrected chi connectivity index (χ1v) is 8.88. The van der Waals surface area contributed by atoms with Gasteiger partial charge < -0.3 is 10.1 Å². The van der Waals surface area contributed by atoms with E-state index in [1.807, 2.05) is 12.1 Å². The molecule has 0 atom stereocenters. The molecule has 0 radical (unpaired) electrons. The maximum absolute atomic E-state index is 12.5. The van der Waals surface area contributed by atoms with E-state index in [1.165, 1.54) is 0 Å². The molecule has 1 aromatic carbocycles. The number of amides is 1. The van der Waals surface area contributed by atoms with Crippen LogP contribution in [0.1, 0.15) is 42.9 Å². The molecule has 0 fully saturated rings. The smallest absolute Gasteiger partial charge is 0.273 e. The maximum atomic E-state index is 12.5. The van der Waals surface area contributed by atoms with Crippen LogP contribution in [0, 0.1) is 5.92 Å². The number of benzene rings is 1. The highest BCUT2D eigenvalue weighted by Crippen LogP contribution is 2.18. The Balaban J connectivity index is 2.25. The summed E-state index contributed by atoms with van der Waals surface area (Å²) in [6, 6.07) is 7.33. The van der Waals surface area contributed by atoms with Crippen molar-refractivity contribution in [1.82, 2.24) is 20.3 Å². The van der Waals surface area contributed by atoms with Crippen LogP contribution >= 0.6 is 11.6 Å². The minimum Gasteiger partial charge on any atom is -0.385 e. The van der Waals surface area contributed by atoms with Crippen LogP contribution in [0.3, 0.4) is 0 Å². The number of aromatic nitrogens is 3. The quantitative estimate of drug-likeness (QED) is 0.693. The SMILES string of the molecule is COCCCCc1c(C(=O)NCC(C)C)nnn1-c1ccc(Cl)cc1. The van der Waals surface area contributed by atoms with Gasteiger partial charge >= 0.3 is 0 Å². The van der Waals surface area contributed by atoms with Crippen LogP contribution in [0.5, 0.6) is 0 Å². The van der Waals surface area contributed by atoms with E-state index in [-0.39, 0.29) is 5.91 Å². The zero-order chi connectivity index (χ0) is 18.2. The number of hydrogen-bond donors (Lipinski definition) is 1. The van der Waals surface area contributed by atoms with Gasteiger partial charge in [-0.25, -0.2) is 4.68 Å². The predicted octanol–water partition coefficient (Wildman–Crippen LogP) is 3.28. The van der Waals surface area contributed by atoms with Crippen molar-refractivity contribution >= 4 is 17.5 Å². The second kappa shape index (κ2) is 9.53. The van der Waals surface area contributed by atoms with Gasteiger partial charge in [0.25, 0.3) is 5.91 Å². The highest BCUT2D eigenvalue weighted by Gasteiger charge is 2.20. The van der Waals surface area contributed by atoms with Crippen molar-refractivity contribution in [3.63, 3.8) is 0 Å². The van der Waals surface area contributed by atoms with Gasteiger partial charge in [0.1, 0.15) is 0 Å². The number of hydrogen-bond acceptors (Lipinski definition) is 4. The number of halogens is 1. The van der Waals surface area contributed by atoms with Gasteiger partial charge in [-0.3, -0.25) is 4.79 Å². The van der Waals surface area contributed by atoms with Crippen LogP contribution < -0.4 is 5.32 Å². The number of ether oxygens (including phenoxy) is 1. The molecule has 0 bridgehead atoms. The first-order valence-electron chi connectivity index (χ1n) is 8.50. The Hall–Kier alpha value is -1.92. The van der Waals surface area contributed by atoms with Gasteiger partial charge in [0.2, 0.25) is 0 Å². The van der Waals surface area contributed by atoms with Gasteiger partial charge in [-0.15, -0.1) is 5.10 Å². The van der Waals surface area contributed by atoms with Gasteiger partial charge in [0.05, 0.1) is 11.4 Å². The van der Waals surface area contributed by atoms with Crippen LogP contribution in [0.2, 0.25) is 5.02 Å². The van der Waals surface area contributed by atoms with Gasteiger partial charge in [-0.2, -0.15) is 0 Å². The number of nitrogens with one attached hydrogen (secondary N) is 1. The lowest BCUT2D eigenvalue weighted by atomic mass is 10.1. The first-order chi connectivity index (χ1) is 12.0. The van der Waals surface area contributed by atoms with Crippen molar-refractivity contribution in [2.24, 2.45) is 5.92 Å². The summed E-state index contributed by atoms with van der Waals surface area (Å²) in [5.74, 6) is 0.191. The molecule has 0 aliphatic rings. The lowest BCUT2D eigenvalue weighted by Gasteiger charge is -2.10. The number of rotatable bonds is 9. The van der Waals surface area contributed by atoms with Crippen molar-refractivity contribution < 1.29 is 9.53 Å². The minimum atomic E-state index is -0.185. The molecule has 7 heteroatoms. The third-order valence-electron chi connectivity index (χ3n) is 3.73. The number of methoxy groups -OCH3 is 1. The summed E-state index contributed by atoms with van der Waals surface area (Å²) in [7, 11) is 1.68. The summed E-state index contributed by atoms with van der Waals surface area (Å²) in [6.07, 6.45) is 2.50. The number of nitrogens with zero attached hydrogens (tertiary/aromatic N) is 3. The molecule has 1 N–H and O–H groups in total. The van der Waals surface area contributed by atoms with Crippen LogP contribution in [-0.2, 0) is 11.2 Å². The van der Waals surface area contributed by atoms with E-state index in [2.05, 4.69) is 29.5 Å². The molecule has 25 heavy (non-hydrogen) atoms. The molecule has 0 unspecified atom stereocenters. The molecular formula is C18H25ClN4O2. The van der Waals surface area contributed by atoms with Gasteiger partial charge in [0, 0.05) is 25.3 Å². The zero-order valence-electron chi connectivity index (χ0n) is 15.0. The van der Waals surface area contributed by atoms with Crippen molar-refractivity contribution in [2.45, 2.75) is 33.1 Å². The summed E-state index contributed by atoms with van der Waals surface area (Å²) < 4.78 is 6.82. The summed E-state index contributed by atoms with van der Waals surface area (Å²) in [5, 5.41) is 11.9. The number of carbonyl (C=O) groups is 1. The molecule has 0 spiro atoms. The van der Waals surface area contributed by atoms with Gasteiger partial charge in [-0.05, 0) is 49.4 Å². The Morgan fingerprint density at radius 1 is 1.28 bits per heavy atom. The Bertz CT molecular complexity index is 683. The van der Waals surface area contributed by atoms with Crippen molar-refractivity contribution in [3.8, 4) is 5.69 Å². The molecule has 1 amide bonds. The highest BCUT2D eigenvalue weighted by atomic mass is 35.5. The normalized spacial score (nSPS) is 11.1. The second-order valence-corrected chi connectivity index (χ2v) is 6.76. The maximum Gasteiger partial charge on any atom is 0.273 e. The molecule has 1 aromatic heterocycles. The van der Waals surface area contributed by atoms with Crippen molar-refractivity contribution in [1.29, 1.82) is 0 Å². The molecule has 2 rings (SSSR count). The summed E-state index contributed by atoms with van der Waals surface area (Å²) in [6.45, 7) is 5.40. The second-order valence-electron chi connectivity index (χ2n) is 6.33. The van der Waals surface area contributed by atoms with E-state index in [0.717, 1.165) is 24.2 Å². The molecule has 6 nitrogen and oxygen atoms in total. The van der Waals surface area contributed by atoms with Crippen molar-refractivity contribution in [2.75, 3.05) is 20.3 Å². The van der Waals surface area contributed by atoms with Crippen LogP contribution in [0.25, 0.3) is 5.69 Å². The van der Waals surface area contributed by atoms with Gasteiger partial charge in [-0.1, -0.05) is 30.7 Å². The van der Waals surface area contributed by atoms with Crippen LogP contribution in [0.4, 0.5) is 0 Å². The molecule has 0 saturated heterocycles. The fraction of sp³-hybridized carbons (Fsp3) is 0.500. The predicted molar refractivity (Wildman–Crippen MR) is 98.4 cm³/mol. The topological polar surface area (TPSA) is 69.0 Å². The average Bonchev–Trinajstić information content (AvgIpc) is 3.01. The highest BCUT2D eigenvalue weighted by molar-refractivity contribution is 6.30. The molecule has 0 aliphatic heterocycles. The molecule has 0 aliphatic carbocycles. The monoisotopic (exact) mass is 364 g/mol. The molecule has 2 aromatic rings. The Labute approximate surface area is 153 Å². The van der Waals surface area contributed by atoms with E-state index in [4.69, 9.17) is 16.3 Å². The average molecular weight is 365 g/mol. The zero-order valence-corrected chi connectivity index (χ0v) is 15.7. The molecular weight excluding hydrogens is 340 g/mol. The largest absolute Gasteiger partial charge is 0.385 e. The van der Waals surface area contributed by atoms with Crippen molar-refractivity contribution in [3.05, 3.63) is 40.7 Å². The van der Waals surface area contributed by atoms with Gasteiger partial charge in [0.15, 0.2) is 5.69 Å². The Morgan fingerprint density at radius 3 is 2.64 bits per heavy atom. The van der Waals surface area contributed by atoms with Crippen LogP contribution in [0.15, 0.2) is 24.3 Å². The minimum absolute atomic E-state index is 0.185. The fourth-order valence-electron chi connectivity index (χ4n) is 2.41. The summed E-state index contributed by atoms with van der Waals surface area (Å²) >= 11 is 5.96. The fourth-order valence-corrected chi connectivity index (χ4v) is 2.54. The molecule has 0 saturated carbocycles. The Kier molecular flexibility index (Phi) is 7.40. The first kappa shape index (κ1) is 19.4. The third-order valence-corrected chi connectivity index (χ3v) is 3.98. The lowest BCUT2D eigenvalue weighted by Crippen LogP contribution is -2.28. The van der Waals surface area contributed by atoms with E-state index < -0.39 is 0 Å². The Morgan fingerprint density at radius 2 is 2.00 bits per heavy atom. The molecule has 1 heterocycles. The van der Waals surface area contributed by atoms with E-state index in [0.29, 0.717) is 36.2 Å². The number of carbonyl (C=O) groups excluding carboxylic acids is 1. The standard InChI is InChI=1S/C18H25ClN4O2/c1-13(2)12-20-18(24)17-16(6-4-5-11-25-3)23(22-21-17)15-9-7-14(19)8-10-15/h7-10,13H,4-6,11-12H2,1-3H3,(H,20,24). The molecule has 136 valence electrons. The van der Waals surface area contributed by atoms with Crippen LogP contribution in [-0.4, -0.2) is 41.2 Å². The van der Waals surface area contributed by atoms with E-state index in [9.17, 15) is 4.79 Å². The third kappa shape index (κ3) is 5.54. The number of unbranched alkanes of at least 4 members (excludes halogenated alkanes) is 1. The summed E-state index contributed by atoms with van der Waals surface area (Å²) in [5.41, 5.74) is 2.02.